The molecule has 1 saturated heterocycles. The van der Waals surface area contributed by atoms with E-state index in [1.54, 1.807) is 7.11 Å². The van der Waals surface area contributed by atoms with Gasteiger partial charge in [0.15, 0.2) is 11.5 Å². The fourth-order valence-electron chi connectivity index (χ4n) is 3.48. The van der Waals surface area contributed by atoms with Gasteiger partial charge in [0.25, 0.3) is 0 Å². The van der Waals surface area contributed by atoms with E-state index >= 15 is 0 Å². The molecule has 27 heavy (non-hydrogen) atoms. The number of carbonyl (C=O) groups is 1. The number of methoxy groups -OCH3 is 1. The summed E-state index contributed by atoms with van der Waals surface area (Å²) in [5, 5.41) is 0. The summed E-state index contributed by atoms with van der Waals surface area (Å²) >= 11 is 0. The zero-order valence-corrected chi connectivity index (χ0v) is 15.5. The van der Waals surface area contributed by atoms with Crippen molar-refractivity contribution in [2.24, 2.45) is 0 Å². The minimum atomic E-state index is 0.183. The highest BCUT2D eigenvalue weighted by molar-refractivity contribution is 5.79. The first-order valence-electron chi connectivity index (χ1n) is 9.23. The predicted octanol–water partition coefficient (Wildman–Crippen LogP) is 2.31. The molecule has 0 bridgehead atoms. The molecule has 2 aromatic rings. The summed E-state index contributed by atoms with van der Waals surface area (Å²) in [4.78, 5) is 16.9. The lowest BCUT2D eigenvalue weighted by Gasteiger charge is -2.35. The van der Waals surface area contributed by atoms with E-state index in [1.165, 1.54) is 5.56 Å². The topological polar surface area (TPSA) is 51.2 Å². The maximum absolute atomic E-state index is 12.6. The monoisotopic (exact) mass is 368 g/mol. The summed E-state index contributed by atoms with van der Waals surface area (Å²) in [5.41, 5.74) is 2.22. The van der Waals surface area contributed by atoms with Gasteiger partial charge in [-0.1, -0.05) is 18.2 Å². The number of carbonyl (C=O) groups excluding carboxylic acids is 1. The molecule has 6 nitrogen and oxygen atoms in total. The Kier molecular flexibility index (Phi) is 5.16. The van der Waals surface area contributed by atoms with Crippen LogP contribution in [0.3, 0.4) is 0 Å². The van der Waals surface area contributed by atoms with Crippen molar-refractivity contribution in [3.8, 4) is 17.2 Å². The molecule has 1 amide bonds. The molecule has 0 unspecified atom stereocenters. The molecule has 0 aromatic heterocycles. The van der Waals surface area contributed by atoms with Crippen LogP contribution >= 0.6 is 0 Å². The number of hydrogen-bond acceptors (Lipinski definition) is 5. The number of nitrogens with zero attached hydrogens (tertiary/aromatic N) is 2. The van der Waals surface area contributed by atoms with Crippen LogP contribution in [0, 0.1) is 0 Å². The molecule has 142 valence electrons. The van der Waals surface area contributed by atoms with Crippen LogP contribution < -0.4 is 14.2 Å². The molecule has 0 saturated carbocycles. The van der Waals surface area contributed by atoms with Gasteiger partial charge in [-0.05, 0) is 35.4 Å². The number of amides is 1. The number of fused-ring (bicyclic) bond motifs is 1. The third kappa shape index (κ3) is 4.17. The minimum Gasteiger partial charge on any atom is -0.497 e. The molecule has 0 radical (unpaired) electrons. The average Bonchev–Trinajstić information content (AvgIpc) is 3.17. The summed E-state index contributed by atoms with van der Waals surface area (Å²) < 4.78 is 16.0. The number of rotatable bonds is 5. The van der Waals surface area contributed by atoms with E-state index in [9.17, 15) is 4.79 Å². The summed E-state index contributed by atoms with van der Waals surface area (Å²) in [6.45, 7) is 4.44. The SMILES string of the molecule is COc1ccc(CC(=O)N2CCN(Cc3ccc4c(c3)OCO4)CC2)cc1. The molecule has 6 heteroatoms. The maximum Gasteiger partial charge on any atom is 0.231 e. The van der Waals surface area contributed by atoms with Gasteiger partial charge in [-0.3, -0.25) is 9.69 Å². The predicted molar refractivity (Wildman–Crippen MR) is 101 cm³/mol. The van der Waals surface area contributed by atoms with Crippen molar-refractivity contribution in [2.45, 2.75) is 13.0 Å². The lowest BCUT2D eigenvalue weighted by atomic mass is 10.1. The van der Waals surface area contributed by atoms with Crippen LogP contribution in [0.25, 0.3) is 0 Å². The molecule has 0 aliphatic carbocycles. The molecule has 2 aliphatic rings. The third-order valence-corrected chi connectivity index (χ3v) is 5.08. The second-order valence-corrected chi connectivity index (χ2v) is 6.87. The molecule has 1 fully saturated rings. The smallest absolute Gasteiger partial charge is 0.231 e. The van der Waals surface area contributed by atoms with Crippen LogP contribution in [0.15, 0.2) is 42.5 Å². The fourth-order valence-corrected chi connectivity index (χ4v) is 3.48. The van der Waals surface area contributed by atoms with Crippen LogP contribution in [0.5, 0.6) is 17.2 Å². The molecule has 2 heterocycles. The van der Waals surface area contributed by atoms with Crippen LogP contribution in [0.2, 0.25) is 0 Å². The average molecular weight is 368 g/mol. The highest BCUT2D eigenvalue weighted by atomic mass is 16.7. The summed E-state index contributed by atoms with van der Waals surface area (Å²) in [5.74, 6) is 2.62. The summed E-state index contributed by atoms with van der Waals surface area (Å²) in [6.07, 6.45) is 0.437. The first kappa shape index (κ1) is 17.7. The van der Waals surface area contributed by atoms with E-state index < -0.39 is 0 Å². The van der Waals surface area contributed by atoms with E-state index in [1.807, 2.05) is 41.3 Å². The van der Waals surface area contributed by atoms with E-state index in [0.717, 1.165) is 55.5 Å². The van der Waals surface area contributed by atoms with Crippen molar-refractivity contribution in [3.05, 3.63) is 53.6 Å². The lowest BCUT2D eigenvalue weighted by Crippen LogP contribution is -2.48. The number of hydrogen-bond donors (Lipinski definition) is 0. The zero-order chi connectivity index (χ0) is 18.6. The fraction of sp³-hybridized carbons (Fsp3) is 0.381. The van der Waals surface area contributed by atoms with Crippen molar-refractivity contribution in [1.29, 1.82) is 0 Å². The highest BCUT2D eigenvalue weighted by Gasteiger charge is 2.22. The van der Waals surface area contributed by atoms with E-state index in [2.05, 4.69) is 11.0 Å². The standard InChI is InChI=1S/C21H24N2O4/c1-25-18-5-2-16(3-6-18)13-21(24)23-10-8-22(9-11-23)14-17-4-7-19-20(12-17)27-15-26-19/h2-7,12H,8-11,13-15H2,1H3. The molecular weight excluding hydrogens is 344 g/mol. The number of ether oxygens (including phenoxy) is 3. The van der Waals surface area contributed by atoms with Gasteiger partial charge < -0.3 is 19.1 Å². The lowest BCUT2D eigenvalue weighted by molar-refractivity contribution is -0.132. The highest BCUT2D eigenvalue weighted by Crippen LogP contribution is 2.32. The third-order valence-electron chi connectivity index (χ3n) is 5.08. The molecule has 0 spiro atoms. The van der Waals surface area contributed by atoms with Crippen molar-refractivity contribution in [1.82, 2.24) is 9.80 Å². The van der Waals surface area contributed by atoms with Crippen molar-refractivity contribution in [2.75, 3.05) is 40.1 Å². The Labute approximate surface area is 159 Å². The quantitative estimate of drug-likeness (QED) is 0.811. The van der Waals surface area contributed by atoms with Gasteiger partial charge in [-0.15, -0.1) is 0 Å². The van der Waals surface area contributed by atoms with Gasteiger partial charge in [0.05, 0.1) is 13.5 Å². The van der Waals surface area contributed by atoms with E-state index in [4.69, 9.17) is 14.2 Å². The van der Waals surface area contributed by atoms with Crippen molar-refractivity contribution in [3.63, 3.8) is 0 Å². The Morgan fingerprint density at radius 1 is 0.963 bits per heavy atom. The minimum absolute atomic E-state index is 0.183. The Bertz CT molecular complexity index is 798. The zero-order valence-electron chi connectivity index (χ0n) is 15.5. The van der Waals surface area contributed by atoms with Crippen molar-refractivity contribution >= 4 is 5.91 Å². The molecule has 4 rings (SSSR count). The first-order chi connectivity index (χ1) is 13.2. The number of piperazine rings is 1. The Balaban J connectivity index is 1.27. The van der Waals surface area contributed by atoms with Crippen LogP contribution in [-0.4, -0.2) is 55.8 Å². The maximum atomic E-state index is 12.6. The summed E-state index contributed by atoms with van der Waals surface area (Å²) in [6, 6.07) is 13.8. The van der Waals surface area contributed by atoms with Crippen molar-refractivity contribution < 1.29 is 19.0 Å². The van der Waals surface area contributed by atoms with Gasteiger partial charge in [-0.2, -0.15) is 0 Å². The Morgan fingerprint density at radius 2 is 1.67 bits per heavy atom. The van der Waals surface area contributed by atoms with Gasteiger partial charge in [0.2, 0.25) is 12.7 Å². The molecular formula is C21H24N2O4. The first-order valence-corrected chi connectivity index (χ1v) is 9.23. The Morgan fingerprint density at radius 3 is 2.41 bits per heavy atom. The molecule has 2 aromatic carbocycles. The van der Waals surface area contributed by atoms with Crippen LogP contribution in [0.4, 0.5) is 0 Å². The second-order valence-electron chi connectivity index (χ2n) is 6.87. The molecule has 0 N–H and O–H groups in total. The van der Waals surface area contributed by atoms with Gasteiger partial charge in [0, 0.05) is 32.7 Å². The van der Waals surface area contributed by atoms with Gasteiger partial charge >= 0.3 is 0 Å². The van der Waals surface area contributed by atoms with Crippen LogP contribution in [0.1, 0.15) is 11.1 Å². The van der Waals surface area contributed by atoms with Gasteiger partial charge in [-0.25, -0.2) is 0 Å². The second kappa shape index (κ2) is 7.88. The van der Waals surface area contributed by atoms with E-state index in [0.29, 0.717) is 13.2 Å². The van der Waals surface area contributed by atoms with Gasteiger partial charge in [0.1, 0.15) is 5.75 Å². The number of benzene rings is 2. The largest absolute Gasteiger partial charge is 0.497 e. The van der Waals surface area contributed by atoms with E-state index in [-0.39, 0.29) is 5.91 Å². The Hall–Kier alpha value is -2.73. The molecule has 2 aliphatic heterocycles. The normalized spacial score (nSPS) is 16.4. The molecule has 0 atom stereocenters. The van der Waals surface area contributed by atoms with Crippen LogP contribution in [-0.2, 0) is 17.8 Å². The summed E-state index contributed by atoms with van der Waals surface area (Å²) in [7, 11) is 1.64.